The Labute approximate surface area is 202 Å². The molecule has 6 heteroatoms. The van der Waals surface area contributed by atoms with E-state index in [0.717, 1.165) is 51.6 Å². The molecule has 0 unspecified atom stereocenters. The molecule has 0 fully saturated rings. The summed E-state index contributed by atoms with van der Waals surface area (Å²) in [5.74, 6) is 1.65. The fourth-order valence-electron chi connectivity index (χ4n) is 4.29. The maximum absolute atomic E-state index is 5.27. The lowest BCUT2D eigenvalue weighted by molar-refractivity contribution is 0.415. The van der Waals surface area contributed by atoms with Gasteiger partial charge in [0.25, 0.3) is 0 Å². The van der Waals surface area contributed by atoms with Crippen molar-refractivity contribution in [2.45, 2.75) is 6.54 Å². The van der Waals surface area contributed by atoms with Crippen molar-refractivity contribution in [3.8, 4) is 11.4 Å². The molecule has 6 aromatic rings. The molecule has 4 aromatic carbocycles. The zero-order valence-corrected chi connectivity index (χ0v) is 19.2. The summed E-state index contributed by atoms with van der Waals surface area (Å²) in [6.07, 6.45) is 3.67. The van der Waals surface area contributed by atoms with Crippen molar-refractivity contribution in [2.24, 2.45) is 4.99 Å². The van der Waals surface area contributed by atoms with E-state index in [2.05, 4.69) is 44.5 Å². The van der Waals surface area contributed by atoms with Crippen LogP contribution in [0.25, 0.3) is 27.8 Å². The average molecular weight is 458 g/mol. The Kier molecular flexibility index (Phi) is 5.31. The maximum atomic E-state index is 5.27. The van der Waals surface area contributed by atoms with Gasteiger partial charge in [-0.2, -0.15) is 0 Å². The van der Waals surface area contributed by atoms with Gasteiger partial charge in [0, 0.05) is 12.2 Å². The summed E-state index contributed by atoms with van der Waals surface area (Å²) in [5.41, 5.74) is 7.02. The van der Waals surface area contributed by atoms with Crippen LogP contribution < -0.4 is 4.74 Å². The van der Waals surface area contributed by atoms with Crippen LogP contribution in [0.15, 0.2) is 108 Å². The van der Waals surface area contributed by atoms with Crippen molar-refractivity contribution in [1.82, 2.24) is 19.1 Å². The minimum Gasteiger partial charge on any atom is -0.497 e. The van der Waals surface area contributed by atoms with Gasteiger partial charge >= 0.3 is 0 Å². The molecule has 6 nitrogen and oxygen atoms in total. The van der Waals surface area contributed by atoms with Gasteiger partial charge in [-0.25, -0.2) is 9.97 Å². The van der Waals surface area contributed by atoms with Crippen LogP contribution in [0.1, 0.15) is 11.4 Å². The highest BCUT2D eigenvalue weighted by atomic mass is 16.5. The highest BCUT2D eigenvalue weighted by Gasteiger charge is 2.10. The second-order valence-corrected chi connectivity index (χ2v) is 8.27. The molecule has 0 aliphatic heterocycles. The summed E-state index contributed by atoms with van der Waals surface area (Å²) in [6.45, 7) is 0.730. The summed E-state index contributed by atoms with van der Waals surface area (Å²) in [6, 6.07) is 32.6. The van der Waals surface area contributed by atoms with Gasteiger partial charge in [0.2, 0.25) is 0 Å². The first-order valence-electron chi connectivity index (χ1n) is 11.4. The molecule has 35 heavy (non-hydrogen) atoms. The Morgan fingerprint density at radius 2 is 1.63 bits per heavy atom. The lowest BCUT2D eigenvalue weighted by Gasteiger charge is -2.07. The van der Waals surface area contributed by atoms with Gasteiger partial charge in [0.15, 0.2) is 5.82 Å². The first-order chi connectivity index (χ1) is 17.3. The number of imidazole rings is 2. The third kappa shape index (κ3) is 4.06. The number of methoxy groups -OCH3 is 1. The van der Waals surface area contributed by atoms with E-state index in [0.29, 0.717) is 0 Å². The summed E-state index contributed by atoms with van der Waals surface area (Å²) >= 11 is 0. The molecule has 0 aliphatic rings. The van der Waals surface area contributed by atoms with Crippen molar-refractivity contribution < 1.29 is 4.74 Å². The van der Waals surface area contributed by atoms with Gasteiger partial charge in [-0.3, -0.25) is 9.56 Å². The van der Waals surface area contributed by atoms with E-state index in [-0.39, 0.29) is 0 Å². The monoisotopic (exact) mass is 457 g/mol. The minimum absolute atomic E-state index is 0.730. The molecule has 0 radical (unpaired) electrons. The molecular weight excluding hydrogens is 434 g/mol. The number of benzene rings is 4. The van der Waals surface area contributed by atoms with Crippen molar-refractivity contribution in [2.75, 3.05) is 7.11 Å². The van der Waals surface area contributed by atoms with Crippen LogP contribution in [0.3, 0.4) is 0 Å². The van der Waals surface area contributed by atoms with E-state index in [1.54, 1.807) is 7.11 Å². The van der Waals surface area contributed by atoms with E-state index in [4.69, 9.17) is 14.7 Å². The van der Waals surface area contributed by atoms with Gasteiger partial charge in [0.05, 0.1) is 41.1 Å². The van der Waals surface area contributed by atoms with Crippen LogP contribution in [0.5, 0.6) is 5.75 Å². The zero-order chi connectivity index (χ0) is 23.6. The normalized spacial score (nSPS) is 11.6. The van der Waals surface area contributed by atoms with Crippen molar-refractivity contribution in [3.05, 3.63) is 115 Å². The van der Waals surface area contributed by atoms with Crippen molar-refractivity contribution in [3.63, 3.8) is 0 Å². The molecule has 0 bridgehead atoms. The molecule has 0 spiro atoms. The standard InChI is InChI=1S/C29H23N5O/c1-35-24-14-12-23(13-15-24)34-20-31-26-17-22(11-16-28(26)34)30-18-29-32-25-9-5-6-10-27(25)33(29)19-21-7-3-2-4-8-21/h2-18,20H,19H2,1H3. The molecular formula is C29H23N5O. The summed E-state index contributed by atoms with van der Waals surface area (Å²) < 4.78 is 9.52. The Balaban J connectivity index is 1.33. The minimum atomic E-state index is 0.730. The molecule has 2 aromatic heterocycles. The molecule has 6 rings (SSSR count). The predicted octanol–water partition coefficient (Wildman–Crippen LogP) is 6.18. The first kappa shape index (κ1) is 20.9. The lowest BCUT2D eigenvalue weighted by atomic mass is 10.2. The number of hydrogen-bond acceptors (Lipinski definition) is 4. The van der Waals surface area contributed by atoms with Gasteiger partial charge in [0.1, 0.15) is 12.1 Å². The molecule has 0 N–H and O–H groups in total. The van der Waals surface area contributed by atoms with E-state index in [1.807, 2.05) is 79.3 Å². The second kappa shape index (κ2) is 8.91. The molecule has 0 atom stereocenters. The second-order valence-electron chi connectivity index (χ2n) is 8.27. The SMILES string of the molecule is COc1ccc(-n2cnc3cc(N=Cc4nc5ccccc5n4Cc4ccccc4)ccc32)cc1. The van der Waals surface area contributed by atoms with Crippen LogP contribution in [0.2, 0.25) is 0 Å². The number of nitrogens with zero attached hydrogens (tertiary/aromatic N) is 5. The summed E-state index contributed by atoms with van der Waals surface area (Å²) in [5, 5.41) is 0. The largest absolute Gasteiger partial charge is 0.497 e. The number of para-hydroxylation sites is 2. The van der Waals surface area contributed by atoms with E-state index in [1.165, 1.54) is 5.56 Å². The first-order valence-corrected chi connectivity index (χ1v) is 11.4. The zero-order valence-electron chi connectivity index (χ0n) is 19.2. The maximum Gasteiger partial charge on any atom is 0.152 e. The summed E-state index contributed by atoms with van der Waals surface area (Å²) in [7, 11) is 1.67. The van der Waals surface area contributed by atoms with Crippen LogP contribution in [0.4, 0.5) is 5.69 Å². The molecule has 0 amide bonds. The number of ether oxygens (including phenoxy) is 1. The van der Waals surface area contributed by atoms with E-state index < -0.39 is 0 Å². The van der Waals surface area contributed by atoms with E-state index in [9.17, 15) is 0 Å². The fraction of sp³-hybridized carbons (Fsp3) is 0.0690. The Bertz CT molecular complexity index is 1650. The van der Waals surface area contributed by atoms with Gasteiger partial charge in [-0.05, 0) is 60.2 Å². The number of aromatic nitrogens is 4. The Hall–Kier alpha value is -4.71. The average Bonchev–Trinajstić information content (AvgIpc) is 3.49. The molecule has 2 heterocycles. The fourth-order valence-corrected chi connectivity index (χ4v) is 4.29. The molecule has 0 saturated heterocycles. The smallest absolute Gasteiger partial charge is 0.152 e. The Morgan fingerprint density at radius 3 is 2.46 bits per heavy atom. The quantitative estimate of drug-likeness (QED) is 0.281. The third-order valence-electron chi connectivity index (χ3n) is 6.08. The lowest BCUT2D eigenvalue weighted by Crippen LogP contribution is -2.04. The summed E-state index contributed by atoms with van der Waals surface area (Å²) in [4.78, 5) is 14.2. The highest BCUT2D eigenvalue weighted by Crippen LogP contribution is 2.25. The predicted molar refractivity (Wildman–Crippen MR) is 140 cm³/mol. The van der Waals surface area contributed by atoms with E-state index >= 15 is 0 Å². The van der Waals surface area contributed by atoms with Crippen LogP contribution >= 0.6 is 0 Å². The van der Waals surface area contributed by atoms with Gasteiger partial charge in [-0.1, -0.05) is 42.5 Å². The van der Waals surface area contributed by atoms with Crippen molar-refractivity contribution >= 4 is 34.0 Å². The third-order valence-corrected chi connectivity index (χ3v) is 6.08. The molecule has 0 saturated carbocycles. The Morgan fingerprint density at radius 1 is 0.829 bits per heavy atom. The van der Waals surface area contributed by atoms with Gasteiger partial charge < -0.3 is 9.30 Å². The van der Waals surface area contributed by atoms with Crippen LogP contribution in [-0.2, 0) is 6.54 Å². The van der Waals surface area contributed by atoms with Crippen LogP contribution in [-0.4, -0.2) is 32.4 Å². The molecule has 170 valence electrons. The van der Waals surface area contributed by atoms with Crippen LogP contribution in [0, 0.1) is 0 Å². The number of rotatable bonds is 6. The van der Waals surface area contributed by atoms with Gasteiger partial charge in [-0.15, -0.1) is 0 Å². The molecule has 0 aliphatic carbocycles. The number of aliphatic imine (C=N–C) groups is 1. The number of hydrogen-bond donors (Lipinski definition) is 0. The number of fused-ring (bicyclic) bond motifs is 2. The topological polar surface area (TPSA) is 57.2 Å². The van der Waals surface area contributed by atoms with Crippen molar-refractivity contribution in [1.29, 1.82) is 0 Å². The highest BCUT2D eigenvalue weighted by molar-refractivity contribution is 5.87.